The molecule has 0 saturated heterocycles. The van der Waals surface area contributed by atoms with Crippen LogP contribution >= 0.6 is 11.8 Å². The zero-order valence-corrected chi connectivity index (χ0v) is 17.6. The number of hydrogen-bond acceptors (Lipinski definition) is 4. The standard InChI is InChI=1S/C23H28O3S/c1-6-8-16-9-11-17(12-10-16)22(25)27-20-14-13-18(23(3,4)5)15-19(20)21(24)26-7-2/h9-15H,6-8H2,1-5H3. The Kier molecular flexibility index (Phi) is 7.25. The lowest BCUT2D eigenvalue weighted by Gasteiger charge is -2.20. The summed E-state index contributed by atoms with van der Waals surface area (Å²) in [6.45, 7) is 10.5. The van der Waals surface area contributed by atoms with E-state index in [9.17, 15) is 9.59 Å². The van der Waals surface area contributed by atoms with Crippen molar-refractivity contribution < 1.29 is 14.3 Å². The largest absolute Gasteiger partial charge is 0.462 e. The van der Waals surface area contributed by atoms with E-state index in [-0.39, 0.29) is 10.5 Å². The topological polar surface area (TPSA) is 43.4 Å². The fourth-order valence-electron chi connectivity index (χ4n) is 2.71. The molecule has 0 spiro atoms. The summed E-state index contributed by atoms with van der Waals surface area (Å²) in [5.41, 5.74) is 3.25. The van der Waals surface area contributed by atoms with E-state index in [4.69, 9.17) is 4.74 Å². The molecule has 0 unspecified atom stereocenters. The number of hydrogen-bond donors (Lipinski definition) is 0. The predicted octanol–water partition coefficient (Wildman–Crippen LogP) is 6.05. The van der Waals surface area contributed by atoms with Crippen LogP contribution in [-0.4, -0.2) is 17.7 Å². The second kappa shape index (κ2) is 9.23. The second-order valence-electron chi connectivity index (χ2n) is 7.52. The third-order valence-electron chi connectivity index (χ3n) is 4.27. The van der Waals surface area contributed by atoms with Gasteiger partial charge in [-0.25, -0.2) is 4.79 Å². The quantitative estimate of drug-likeness (QED) is 0.449. The molecule has 0 radical (unpaired) electrons. The minimum atomic E-state index is -0.391. The van der Waals surface area contributed by atoms with Gasteiger partial charge >= 0.3 is 5.97 Å². The minimum Gasteiger partial charge on any atom is -0.462 e. The predicted molar refractivity (Wildman–Crippen MR) is 112 cm³/mol. The van der Waals surface area contributed by atoms with Gasteiger partial charge < -0.3 is 4.74 Å². The monoisotopic (exact) mass is 384 g/mol. The third-order valence-corrected chi connectivity index (χ3v) is 5.27. The Morgan fingerprint density at radius 3 is 2.22 bits per heavy atom. The van der Waals surface area contributed by atoms with Crippen molar-refractivity contribution in [1.29, 1.82) is 0 Å². The Morgan fingerprint density at radius 1 is 1.00 bits per heavy atom. The van der Waals surface area contributed by atoms with Gasteiger partial charge in [0.1, 0.15) is 0 Å². The zero-order chi connectivity index (χ0) is 20.0. The summed E-state index contributed by atoms with van der Waals surface area (Å²) >= 11 is 1.08. The molecule has 0 atom stereocenters. The smallest absolute Gasteiger partial charge is 0.339 e. The van der Waals surface area contributed by atoms with Gasteiger partial charge in [-0.05, 0) is 53.8 Å². The fourth-order valence-corrected chi connectivity index (χ4v) is 3.55. The second-order valence-corrected chi connectivity index (χ2v) is 8.53. The number of carbonyl (C=O) groups is 2. The Morgan fingerprint density at radius 2 is 1.67 bits per heavy atom. The van der Waals surface area contributed by atoms with Crippen LogP contribution in [0.3, 0.4) is 0 Å². The van der Waals surface area contributed by atoms with Crippen LogP contribution in [0, 0.1) is 0 Å². The van der Waals surface area contributed by atoms with Crippen LogP contribution in [0.25, 0.3) is 0 Å². The average Bonchev–Trinajstić information content (AvgIpc) is 2.62. The lowest BCUT2D eigenvalue weighted by Crippen LogP contribution is -2.14. The van der Waals surface area contributed by atoms with Crippen molar-refractivity contribution in [2.45, 2.75) is 57.8 Å². The molecular weight excluding hydrogens is 356 g/mol. The van der Waals surface area contributed by atoms with E-state index in [0.717, 1.165) is 30.2 Å². The minimum absolute atomic E-state index is 0.0768. The summed E-state index contributed by atoms with van der Waals surface area (Å²) in [5.74, 6) is -0.391. The van der Waals surface area contributed by atoms with Crippen molar-refractivity contribution in [3.63, 3.8) is 0 Å². The van der Waals surface area contributed by atoms with Crippen molar-refractivity contribution in [2.75, 3.05) is 6.61 Å². The number of esters is 1. The van der Waals surface area contributed by atoms with E-state index >= 15 is 0 Å². The fraction of sp³-hybridized carbons (Fsp3) is 0.391. The Hall–Kier alpha value is -2.07. The first kappa shape index (κ1) is 21.2. The molecule has 2 rings (SSSR count). The number of carbonyl (C=O) groups excluding carboxylic acids is 2. The van der Waals surface area contributed by atoms with Crippen molar-refractivity contribution >= 4 is 22.8 Å². The van der Waals surface area contributed by atoms with E-state index in [1.165, 1.54) is 5.56 Å². The highest BCUT2D eigenvalue weighted by atomic mass is 32.2. The lowest BCUT2D eigenvalue weighted by atomic mass is 9.86. The normalized spacial score (nSPS) is 11.3. The molecule has 0 N–H and O–H groups in total. The molecule has 2 aromatic rings. The van der Waals surface area contributed by atoms with Gasteiger partial charge in [-0.1, -0.05) is 64.4 Å². The van der Waals surface area contributed by atoms with Crippen LogP contribution < -0.4 is 0 Å². The highest BCUT2D eigenvalue weighted by molar-refractivity contribution is 8.14. The van der Waals surface area contributed by atoms with E-state index in [2.05, 4.69) is 27.7 Å². The van der Waals surface area contributed by atoms with Gasteiger partial charge in [-0.2, -0.15) is 0 Å². The molecule has 0 bridgehead atoms. The van der Waals surface area contributed by atoms with Crippen LogP contribution in [0.15, 0.2) is 47.4 Å². The molecule has 2 aromatic carbocycles. The Balaban J connectivity index is 2.30. The average molecular weight is 385 g/mol. The SMILES string of the molecule is CCCc1ccc(C(=O)Sc2ccc(C(C)(C)C)cc2C(=O)OCC)cc1. The number of rotatable bonds is 6. The van der Waals surface area contributed by atoms with Gasteiger partial charge in [0.2, 0.25) is 5.12 Å². The summed E-state index contributed by atoms with van der Waals surface area (Å²) in [5, 5.41) is -0.0768. The highest BCUT2D eigenvalue weighted by Crippen LogP contribution is 2.31. The molecular formula is C23H28O3S. The first-order chi connectivity index (χ1) is 12.8. The molecule has 0 heterocycles. The van der Waals surface area contributed by atoms with Gasteiger partial charge in [0, 0.05) is 10.5 Å². The van der Waals surface area contributed by atoms with Gasteiger partial charge in [0.15, 0.2) is 0 Å². The van der Waals surface area contributed by atoms with Crippen molar-refractivity contribution in [1.82, 2.24) is 0 Å². The third kappa shape index (κ3) is 5.70. The Bertz CT molecular complexity index is 801. The van der Waals surface area contributed by atoms with Crippen molar-refractivity contribution in [3.8, 4) is 0 Å². The van der Waals surface area contributed by atoms with E-state index < -0.39 is 5.97 Å². The summed E-state index contributed by atoms with van der Waals surface area (Å²) in [4.78, 5) is 25.8. The molecule has 0 amide bonds. The maximum absolute atomic E-state index is 12.7. The number of aryl methyl sites for hydroxylation is 1. The number of thioether (sulfide) groups is 1. The van der Waals surface area contributed by atoms with Crippen molar-refractivity contribution in [2.24, 2.45) is 0 Å². The molecule has 0 aromatic heterocycles. The van der Waals surface area contributed by atoms with Gasteiger partial charge in [-0.15, -0.1) is 0 Å². The molecule has 0 aliphatic heterocycles. The van der Waals surface area contributed by atoms with E-state index in [1.807, 2.05) is 42.5 Å². The van der Waals surface area contributed by atoms with Crippen LogP contribution in [0.5, 0.6) is 0 Å². The molecule has 4 heteroatoms. The highest BCUT2D eigenvalue weighted by Gasteiger charge is 2.21. The maximum atomic E-state index is 12.7. The molecule has 3 nitrogen and oxygen atoms in total. The molecule has 144 valence electrons. The van der Waals surface area contributed by atoms with Crippen molar-refractivity contribution in [3.05, 3.63) is 64.7 Å². The summed E-state index contributed by atoms with van der Waals surface area (Å²) in [7, 11) is 0. The Labute approximate surface area is 166 Å². The molecule has 27 heavy (non-hydrogen) atoms. The first-order valence-corrected chi connectivity index (χ1v) is 10.2. The molecule has 0 aliphatic carbocycles. The van der Waals surface area contributed by atoms with Crippen LogP contribution in [0.4, 0.5) is 0 Å². The lowest BCUT2D eigenvalue weighted by molar-refractivity contribution is 0.0522. The summed E-state index contributed by atoms with van der Waals surface area (Å²) in [6, 6.07) is 13.4. The number of benzene rings is 2. The van der Waals surface area contributed by atoms with E-state index in [1.54, 1.807) is 6.92 Å². The summed E-state index contributed by atoms with van der Waals surface area (Å²) < 4.78 is 5.20. The van der Waals surface area contributed by atoms with Gasteiger partial charge in [0.05, 0.1) is 12.2 Å². The van der Waals surface area contributed by atoms with Gasteiger partial charge in [0.25, 0.3) is 0 Å². The summed E-state index contributed by atoms with van der Waals surface area (Å²) in [6.07, 6.45) is 2.08. The van der Waals surface area contributed by atoms with Crippen LogP contribution in [0.2, 0.25) is 0 Å². The molecule has 0 aliphatic rings. The molecule has 0 saturated carbocycles. The van der Waals surface area contributed by atoms with E-state index in [0.29, 0.717) is 22.6 Å². The number of ether oxygens (including phenoxy) is 1. The first-order valence-electron chi connectivity index (χ1n) is 9.39. The van der Waals surface area contributed by atoms with Crippen LogP contribution in [-0.2, 0) is 16.6 Å². The maximum Gasteiger partial charge on any atom is 0.339 e. The molecule has 0 fully saturated rings. The van der Waals surface area contributed by atoms with Gasteiger partial charge in [-0.3, -0.25) is 4.79 Å². The zero-order valence-electron chi connectivity index (χ0n) is 16.8. The van der Waals surface area contributed by atoms with Crippen LogP contribution in [0.1, 0.15) is 72.9 Å².